The monoisotopic (exact) mass is 247 g/mol. The van der Waals surface area contributed by atoms with Gasteiger partial charge in [0.15, 0.2) is 0 Å². The van der Waals surface area contributed by atoms with Crippen molar-refractivity contribution in [2.45, 2.75) is 51.7 Å². The highest BCUT2D eigenvalue weighted by Crippen LogP contribution is 2.27. The number of carboxylic acid groups (broad SMARTS) is 1. The minimum atomic E-state index is -0.698. The van der Waals surface area contributed by atoms with Crippen molar-refractivity contribution in [3.63, 3.8) is 0 Å². The van der Waals surface area contributed by atoms with Gasteiger partial charge in [0.05, 0.1) is 0 Å². The van der Waals surface area contributed by atoms with E-state index in [-0.39, 0.29) is 6.04 Å². The SMILES string of the molecule is CCC(CC)N1Cc2ccccc2C[C@H]1C(=O)O. The number of aliphatic carboxylic acids is 1. The van der Waals surface area contributed by atoms with Crippen molar-refractivity contribution in [3.05, 3.63) is 35.4 Å². The third-order valence-corrected chi connectivity index (χ3v) is 3.98. The summed E-state index contributed by atoms with van der Waals surface area (Å²) in [6, 6.07) is 8.18. The van der Waals surface area contributed by atoms with Crippen LogP contribution in [0.1, 0.15) is 37.8 Å². The second-order valence-electron chi connectivity index (χ2n) is 4.97. The van der Waals surface area contributed by atoms with Crippen molar-refractivity contribution in [3.8, 4) is 0 Å². The minimum Gasteiger partial charge on any atom is -0.480 e. The summed E-state index contributed by atoms with van der Waals surface area (Å²) < 4.78 is 0. The van der Waals surface area contributed by atoms with Gasteiger partial charge in [-0.3, -0.25) is 9.69 Å². The summed E-state index contributed by atoms with van der Waals surface area (Å²) in [5.41, 5.74) is 2.47. The third-order valence-electron chi connectivity index (χ3n) is 3.98. The Balaban J connectivity index is 2.31. The van der Waals surface area contributed by atoms with E-state index in [1.54, 1.807) is 0 Å². The minimum absolute atomic E-state index is 0.361. The normalized spacial score (nSPS) is 19.8. The molecule has 1 heterocycles. The highest BCUT2D eigenvalue weighted by molar-refractivity contribution is 5.74. The lowest BCUT2D eigenvalue weighted by atomic mass is 9.91. The van der Waals surface area contributed by atoms with Gasteiger partial charge in [-0.2, -0.15) is 0 Å². The van der Waals surface area contributed by atoms with Gasteiger partial charge in [0.1, 0.15) is 6.04 Å². The zero-order chi connectivity index (χ0) is 13.1. The molecule has 3 heteroatoms. The summed E-state index contributed by atoms with van der Waals surface area (Å²) in [4.78, 5) is 13.6. The van der Waals surface area contributed by atoms with E-state index in [4.69, 9.17) is 0 Å². The van der Waals surface area contributed by atoms with Crippen LogP contribution in [-0.4, -0.2) is 28.1 Å². The van der Waals surface area contributed by atoms with Crippen molar-refractivity contribution < 1.29 is 9.90 Å². The number of benzene rings is 1. The first-order chi connectivity index (χ1) is 8.67. The summed E-state index contributed by atoms with van der Waals surface area (Å²) in [5.74, 6) is -0.698. The molecular formula is C15H21NO2. The molecule has 0 saturated heterocycles. The predicted octanol–water partition coefficient (Wildman–Crippen LogP) is 2.69. The van der Waals surface area contributed by atoms with Gasteiger partial charge >= 0.3 is 5.97 Å². The van der Waals surface area contributed by atoms with Crippen LogP contribution >= 0.6 is 0 Å². The highest BCUT2D eigenvalue weighted by Gasteiger charge is 2.34. The first-order valence-corrected chi connectivity index (χ1v) is 6.72. The van der Waals surface area contributed by atoms with Crippen LogP contribution in [0.5, 0.6) is 0 Å². The Morgan fingerprint density at radius 1 is 1.33 bits per heavy atom. The fourth-order valence-electron chi connectivity index (χ4n) is 2.91. The molecule has 2 rings (SSSR count). The number of hydrogen-bond donors (Lipinski definition) is 1. The molecule has 0 aliphatic carbocycles. The van der Waals surface area contributed by atoms with Gasteiger partial charge in [-0.1, -0.05) is 38.1 Å². The molecule has 0 amide bonds. The second-order valence-corrected chi connectivity index (χ2v) is 4.97. The van der Waals surface area contributed by atoms with E-state index < -0.39 is 5.97 Å². The van der Waals surface area contributed by atoms with Crippen LogP contribution in [0.3, 0.4) is 0 Å². The largest absolute Gasteiger partial charge is 0.480 e. The Morgan fingerprint density at radius 2 is 1.94 bits per heavy atom. The summed E-state index contributed by atoms with van der Waals surface area (Å²) in [6.07, 6.45) is 2.63. The number of nitrogens with zero attached hydrogens (tertiary/aromatic N) is 1. The van der Waals surface area contributed by atoms with Gasteiger partial charge in [0.2, 0.25) is 0 Å². The standard InChI is InChI=1S/C15H21NO2/c1-3-13(4-2)16-10-12-8-6-5-7-11(12)9-14(16)15(17)18/h5-8,13-14H,3-4,9-10H2,1-2H3,(H,17,18)/t14-/m0/s1. The van der Waals surface area contributed by atoms with Crippen molar-refractivity contribution in [1.82, 2.24) is 4.90 Å². The molecule has 0 aromatic heterocycles. The number of hydrogen-bond acceptors (Lipinski definition) is 2. The molecule has 1 aromatic carbocycles. The van der Waals surface area contributed by atoms with Gasteiger partial charge in [-0.15, -0.1) is 0 Å². The topological polar surface area (TPSA) is 40.5 Å². The molecular weight excluding hydrogens is 226 g/mol. The first-order valence-electron chi connectivity index (χ1n) is 6.72. The zero-order valence-corrected chi connectivity index (χ0v) is 11.1. The smallest absolute Gasteiger partial charge is 0.321 e. The molecule has 1 N–H and O–H groups in total. The number of carbonyl (C=O) groups is 1. The molecule has 0 spiro atoms. The zero-order valence-electron chi connectivity index (χ0n) is 11.1. The van der Waals surface area contributed by atoms with Crippen LogP contribution < -0.4 is 0 Å². The van der Waals surface area contributed by atoms with Gasteiger partial charge < -0.3 is 5.11 Å². The van der Waals surface area contributed by atoms with Crippen molar-refractivity contribution in [2.24, 2.45) is 0 Å². The van der Waals surface area contributed by atoms with Crippen LogP contribution in [-0.2, 0) is 17.8 Å². The van der Waals surface area contributed by atoms with E-state index in [1.807, 2.05) is 12.1 Å². The highest BCUT2D eigenvalue weighted by atomic mass is 16.4. The van der Waals surface area contributed by atoms with Gasteiger partial charge in [-0.25, -0.2) is 0 Å². The Morgan fingerprint density at radius 3 is 2.50 bits per heavy atom. The lowest BCUT2D eigenvalue weighted by Gasteiger charge is -2.39. The Bertz CT molecular complexity index is 426. The molecule has 98 valence electrons. The Hall–Kier alpha value is -1.35. The van der Waals surface area contributed by atoms with Crippen LogP contribution in [0.4, 0.5) is 0 Å². The maximum atomic E-state index is 11.5. The second kappa shape index (κ2) is 5.53. The number of fused-ring (bicyclic) bond motifs is 1. The van der Waals surface area contributed by atoms with Gasteiger partial charge in [-0.05, 0) is 30.4 Å². The van der Waals surface area contributed by atoms with Crippen LogP contribution in [0.25, 0.3) is 0 Å². The quantitative estimate of drug-likeness (QED) is 0.889. The van der Waals surface area contributed by atoms with E-state index in [0.717, 1.165) is 19.4 Å². The van der Waals surface area contributed by atoms with Crippen LogP contribution in [0.2, 0.25) is 0 Å². The predicted molar refractivity (Wildman–Crippen MR) is 71.5 cm³/mol. The van der Waals surface area contributed by atoms with E-state index in [9.17, 15) is 9.90 Å². The summed E-state index contributed by atoms with van der Waals surface area (Å²) in [5, 5.41) is 9.43. The fraction of sp³-hybridized carbons (Fsp3) is 0.533. The lowest BCUT2D eigenvalue weighted by molar-refractivity contribution is -0.145. The molecule has 0 unspecified atom stereocenters. The third kappa shape index (κ3) is 2.41. The summed E-state index contributed by atoms with van der Waals surface area (Å²) >= 11 is 0. The van der Waals surface area contributed by atoms with E-state index in [2.05, 4.69) is 30.9 Å². The molecule has 1 aromatic rings. The first kappa shape index (κ1) is 13.1. The Labute approximate surface area is 108 Å². The number of carboxylic acids is 1. The van der Waals surface area contributed by atoms with Crippen LogP contribution in [0.15, 0.2) is 24.3 Å². The fourth-order valence-corrected chi connectivity index (χ4v) is 2.91. The van der Waals surface area contributed by atoms with E-state index >= 15 is 0 Å². The average molecular weight is 247 g/mol. The molecule has 0 fully saturated rings. The van der Waals surface area contributed by atoms with Gasteiger partial charge in [0.25, 0.3) is 0 Å². The summed E-state index contributed by atoms with van der Waals surface area (Å²) in [7, 11) is 0. The molecule has 1 aliphatic heterocycles. The lowest BCUT2D eigenvalue weighted by Crippen LogP contribution is -2.50. The molecule has 0 saturated carbocycles. The number of rotatable bonds is 4. The van der Waals surface area contributed by atoms with Crippen molar-refractivity contribution >= 4 is 5.97 Å². The molecule has 1 atom stereocenters. The molecule has 0 bridgehead atoms. The van der Waals surface area contributed by atoms with E-state index in [0.29, 0.717) is 12.5 Å². The molecule has 1 aliphatic rings. The Kier molecular flexibility index (Phi) is 4.02. The average Bonchev–Trinajstić information content (AvgIpc) is 2.39. The van der Waals surface area contributed by atoms with Crippen molar-refractivity contribution in [1.29, 1.82) is 0 Å². The molecule has 18 heavy (non-hydrogen) atoms. The molecule has 0 radical (unpaired) electrons. The maximum absolute atomic E-state index is 11.5. The van der Waals surface area contributed by atoms with Crippen LogP contribution in [0, 0.1) is 0 Å². The molecule has 3 nitrogen and oxygen atoms in total. The summed E-state index contributed by atoms with van der Waals surface area (Å²) in [6.45, 7) is 5.03. The van der Waals surface area contributed by atoms with Crippen molar-refractivity contribution in [2.75, 3.05) is 0 Å². The van der Waals surface area contributed by atoms with E-state index in [1.165, 1.54) is 11.1 Å². The maximum Gasteiger partial charge on any atom is 0.321 e. The van der Waals surface area contributed by atoms with Gasteiger partial charge in [0, 0.05) is 12.6 Å².